The van der Waals surface area contributed by atoms with Gasteiger partial charge in [-0.15, -0.1) is 0 Å². The molecule has 0 unspecified atom stereocenters. The second kappa shape index (κ2) is 8.90. The van der Waals surface area contributed by atoms with E-state index in [0.717, 1.165) is 0 Å². The van der Waals surface area contributed by atoms with Gasteiger partial charge in [0.2, 0.25) is 0 Å². The largest absolute Gasteiger partial charge is 0.247 e. The van der Waals surface area contributed by atoms with E-state index in [9.17, 15) is 0 Å². The third-order valence-corrected chi connectivity index (χ3v) is 0. The van der Waals surface area contributed by atoms with Gasteiger partial charge in [0.15, 0.2) is 0 Å². The van der Waals surface area contributed by atoms with Crippen LogP contribution in [0.4, 0.5) is 0 Å². The van der Waals surface area contributed by atoms with Gasteiger partial charge in [-0.3, -0.25) is 0 Å². The molecule has 0 aliphatic carbocycles. The molecule has 0 N–H and O–H groups in total. The summed E-state index contributed by atoms with van der Waals surface area (Å²) in [4.78, 5) is 0. The van der Waals surface area contributed by atoms with Crippen LogP contribution in [-0.2, 0) is 20.9 Å². The van der Waals surface area contributed by atoms with E-state index >= 15 is 0 Å². The van der Waals surface area contributed by atoms with Gasteiger partial charge in [-0.1, -0.05) is 0 Å². The van der Waals surface area contributed by atoms with Crippen molar-refractivity contribution in [1.82, 2.24) is 0 Å². The van der Waals surface area contributed by atoms with Crippen LogP contribution in [0.15, 0.2) is 0 Å². The van der Waals surface area contributed by atoms with Crippen LogP contribution in [0, 0.1) is 0 Å². The van der Waals surface area contributed by atoms with E-state index < -0.39 is 0 Å². The van der Waals surface area contributed by atoms with Crippen molar-refractivity contribution >= 4 is 46.0 Å². The molecule has 0 aromatic carbocycles. The van der Waals surface area contributed by atoms with Gasteiger partial charge in [-0.2, -0.15) is 0 Å². The summed E-state index contributed by atoms with van der Waals surface area (Å²) in [6, 6.07) is 0. The van der Waals surface area contributed by atoms with Gasteiger partial charge in [-0.25, -0.2) is 1.40 Å². The maximum Gasteiger partial charge on any atom is 0.124 e. The first-order chi connectivity index (χ1) is 1.41. The molecule has 0 heterocycles. The Morgan fingerprint density at radius 3 is 1.25 bits per heavy atom. The molecule has 0 rings (SSSR count). The minimum absolute atomic E-state index is 0. The summed E-state index contributed by atoms with van der Waals surface area (Å²) >= 11 is 3.55. The van der Waals surface area contributed by atoms with Crippen molar-refractivity contribution in [3.05, 3.63) is 0 Å². The van der Waals surface area contributed by atoms with Crippen LogP contribution >= 0.6 is 46.0 Å². The fourth-order valence-corrected chi connectivity index (χ4v) is 0. The number of hydrogen-bond acceptors (Lipinski definition) is 1. The molecule has 4 heavy (non-hydrogen) atoms. The predicted molar refractivity (Wildman–Crippen MR) is 29.1 cm³/mol. The second-order valence-corrected chi connectivity index (χ2v) is 2.62. The maximum absolute atomic E-state index is 4.19. The second-order valence-electron chi connectivity index (χ2n) is 0.0583. The predicted octanol–water partition coefficient (Wildman–Crippen LogP) is 1.70. The summed E-state index contributed by atoms with van der Waals surface area (Å²) < 4.78 is 4.19. The van der Waals surface area contributed by atoms with Gasteiger partial charge in [0.05, 0.1) is 0 Å². The molecular formula is I2OZn. The summed E-state index contributed by atoms with van der Waals surface area (Å²) in [7, 11) is 0. The summed E-state index contributed by atoms with van der Waals surface area (Å²) in [5.41, 5.74) is 0. The first-order valence-electron chi connectivity index (χ1n) is 0.309. The number of rotatable bonds is 0. The zero-order valence-electron chi connectivity index (χ0n) is 1.87. The maximum atomic E-state index is 4.19. The van der Waals surface area contributed by atoms with Crippen LogP contribution in [0.25, 0.3) is 0 Å². The van der Waals surface area contributed by atoms with Gasteiger partial charge < -0.3 is 0 Å². The van der Waals surface area contributed by atoms with Crippen LogP contribution in [0.2, 0.25) is 0 Å². The van der Waals surface area contributed by atoms with Gasteiger partial charge >= 0.3 is 0 Å². The molecule has 0 aromatic heterocycles. The standard InChI is InChI=1S/I2O.Zn/c1-3-2;. The normalized spacial score (nSPS) is 4.50. The van der Waals surface area contributed by atoms with Crippen LogP contribution in [0.5, 0.6) is 0 Å². The fraction of sp³-hybridized carbons (Fsp3) is 0. The Kier molecular flexibility index (Phi) is 20.9. The van der Waals surface area contributed by atoms with Crippen molar-refractivity contribution in [2.75, 3.05) is 0 Å². The van der Waals surface area contributed by atoms with Gasteiger partial charge in [-0.05, 0) is 0 Å². The van der Waals surface area contributed by atoms with Crippen molar-refractivity contribution in [1.29, 1.82) is 0 Å². The Bertz CT molecular complexity index is 6.00. The molecule has 0 amide bonds. The van der Waals surface area contributed by atoms with Crippen molar-refractivity contribution in [2.45, 2.75) is 0 Å². The van der Waals surface area contributed by atoms with E-state index in [1.54, 1.807) is 46.0 Å². The van der Waals surface area contributed by atoms with Gasteiger partial charge in [0, 0.05) is 19.5 Å². The Labute approximate surface area is 66.0 Å². The molecule has 0 fully saturated rings. The average Bonchev–Trinajstić information content (AvgIpc) is 0.918. The molecule has 0 saturated heterocycles. The van der Waals surface area contributed by atoms with E-state index in [0.29, 0.717) is 0 Å². The number of hydrogen-bond donors (Lipinski definition) is 0. The summed E-state index contributed by atoms with van der Waals surface area (Å²) in [6.45, 7) is 0. The molecule has 4 heteroatoms. The van der Waals surface area contributed by atoms with E-state index in [1.807, 2.05) is 0 Å². The van der Waals surface area contributed by atoms with E-state index in [2.05, 4.69) is 1.40 Å². The quantitative estimate of drug-likeness (QED) is 0.484. The Morgan fingerprint density at radius 1 is 1.25 bits per heavy atom. The molecule has 1 nitrogen and oxygen atoms in total. The van der Waals surface area contributed by atoms with Crippen molar-refractivity contribution in [3.63, 3.8) is 0 Å². The monoisotopic (exact) mass is 334 g/mol. The van der Waals surface area contributed by atoms with E-state index in [4.69, 9.17) is 0 Å². The first kappa shape index (κ1) is 9.40. The van der Waals surface area contributed by atoms with Crippen LogP contribution in [0.3, 0.4) is 0 Å². The smallest absolute Gasteiger partial charge is 0.124 e. The third kappa shape index (κ3) is 8.97. The minimum atomic E-state index is 0. The first-order valence-corrected chi connectivity index (χ1v) is 2.07. The molecule has 0 aliphatic heterocycles. The van der Waals surface area contributed by atoms with Crippen molar-refractivity contribution in [3.8, 4) is 0 Å². The Morgan fingerprint density at radius 2 is 1.25 bits per heavy atom. The molecule has 0 atom stereocenters. The van der Waals surface area contributed by atoms with Crippen molar-refractivity contribution < 1.29 is 20.9 Å². The zero-order valence-corrected chi connectivity index (χ0v) is 9.15. The Hall–Kier alpha value is 2.04. The van der Waals surface area contributed by atoms with Crippen LogP contribution < -0.4 is 0 Å². The molecule has 0 bridgehead atoms. The molecule has 0 saturated carbocycles. The Balaban J connectivity index is 0. The fourth-order valence-electron chi connectivity index (χ4n) is 0. The third-order valence-electron chi connectivity index (χ3n) is 0. The molecule has 0 aromatic rings. The molecule has 0 radical (unpaired) electrons. The molecule has 22 valence electrons. The zero-order chi connectivity index (χ0) is 2.71. The van der Waals surface area contributed by atoms with Crippen LogP contribution in [-0.4, -0.2) is 0 Å². The van der Waals surface area contributed by atoms with E-state index in [-0.39, 0.29) is 19.5 Å². The summed E-state index contributed by atoms with van der Waals surface area (Å²) in [6.07, 6.45) is 0. The minimum Gasteiger partial charge on any atom is -0.247 e. The topological polar surface area (TPSA) is 9.23 Å². The molecule has 0 aliphatic rings. The summed E-state index contributed by atoms with van der Waals surface area (Å²) in [5.74, 6) is 0. The van der Waals surface area contributed by atoms with Crippen molar-refractivity contribution in [2.24, 2.45) is 0 Å². The van der Waals surface area contributed by atoms with E-state index in [1.165, 1.54) is 0 Å². The number of halogens is 2. The van der Waals surface area contributed by atoms with Crippen LogP contribution in [0.1, 0.15) is 0 Å². The van der Waals surface area contributed by atoms with Gasteiger partial charge in [0.1, 0.15) is 46.0 Å². The summed E-state index contributed by atoms with van der Waals surface area (Å²) in [5, 5.41) is 0. The SMILES string of the molecule is IOI.[Zn]. The molecular weight excluding hydrogens is 335 g/mol. The van der Waals surface area contributed by atoms with Gasteiger partial charge in [0.25, 0.3) is 0 Å². The molecule has 0 spiro atoms. The average molecular weight is 335 g/mol.